The van der Waals surface area contributed by atoms with Crippen molar-refractivity contribution in [2.75, 3.05) is 0 Å². The third-order valence-corrected chi connectivity index (χ3v) is 4.86. The number of hydrogen-bond acceptors (Lipinski definition) is 3. The molecule has 1 heterocycles. The van der Waals surface area contributed by atoms with Crippen LogP contribution in [0.1, 0.15) is 53.9 Å². The second-order valence-electron chi connectivity index (χ2n) is 6.77. The number of ether oxygens (including phenoxy) is 1. The van der Waals surface area contributed by atoms with Gasteiger partial charge in [-0.15, -0.1) is 0 Å². The van der Waals surface area contributed by atoms with E-state index in [0.717, 1.165) is 18.1 Å². The topological polar surface area (TPSA) is 46.5 Å². The van der Waals surface area contributed by atoms with E-state index in [1.54, 1.807) is 0 Å². The summed E-state index contributed by atoms with van der Waals surface area (Å²) in [5.74, 6) is 2.96. The number of Topliss-reactive ketones (excluding diaryl/α,β-unsaturated/α-hetero) is 1. The summed E-state index contributed by atoms with van der Waals surface area (Å²) in [5.41, 5.74) is 0. The van der Waals surface area contributed by atoms with E-state index in [-0.39, 0.29) is 33.7 Å². The van der Waals surface area contributed by atoms with Crippen LogP contribution in [0.2, 0.25) is 0 Å². The Morgan fingerprint density at radius 2 is 1.57 bits per heavy atom. The molecule has 6 unspecified atom stereocenters. The van der Waals surface area contributed by atoms with E-state index >= 15 is 0 Å². The van der Waals surface area contributed by atoms with Crippen LogP contribution in [0.4, 0.5) is 0 Å². The summed E-state index contributed by atoms with van der Waals surface area (Å²) >= 11 is -0.106. The van der Waals surface area contributed by atoms with Gasteiger partial charge in [0.05, 0.1) is 18.0 Å². The molecule has 0 aromatic heterocycles. The summed E-state index contributed by atoms with van der Waals surface area (Å²) in [6.45, 7) is 14.4. The summed E-state index contributed by atoms with van der Waals surface area (Å²) < 4.78 is 5.47. The van der Waals surface area contributed by atoms with E-state index in [1.165, 1.54) is 6.42 Å². The first-order valence-corrected chi connectivity index (χ1v) is 12.0. The number of halogens is 2. The number of rotatable bonds is 0. The van der Waals surface area contributed by atoms with Gasteiger partial charge in [-0.25, -0.2) is 0 Å². The number of hydrogen-bond donors (Lipinski definition) is 1. The minimum absolute atomic E-state index is 0.106. The summed E-state index contributed by atoms with van der Waals surface area (Å²) in [7, 11) is 9.63. The van der Waals surface area contributed by atoms with Crippen molar-refractivity contribution in [3.05, 3.63) is 12.3 Å². The van der Waals surface area contributed by atoms with Crippen molar-refractivity contribution in [3.63, 3.8) is 0 Å². The molecule has 6 heteroatoms. The maximum absolute atomic E-state index is 11.1. The predicted molar refractivity (Wildman–Crippen MR) is 92.9 cm³/mol. The monoisotopic (exact) mass is 458 g/mol. The molecule has 1 aliphatic carbocycles. The second kappa shape index (κ2) is 11.9. The van der Waals surface area contributed by atoms with Crippen molar-refractivity contribution in [3.8, 4) is 0 Å². The standard InChI is InChI=1S/C9H16O.C8H14O2.2ClH.Pd/c1-6-5-7(2)10-9(4)8(6)3;1-5-3-7(9)4-8(10)6(5)2;;;/h6-8H,4-5H2,1-3H3;5-7,9H,3-4H2,1-2H3;2*1H;/q;;;;+2/p-2. The van der Waals surface area contributed by atoms with Crippen LogP contribution in [0.5, 0.6) is 0 Å². The van der Waals surface area contributed by atoms with Crippen LogP contribution in [-0.2, 0) is 25.5 Å². The van der Waals surface area contributed by atoms with E-state index in [1.807, 2.05) is 13.8 Å². The van der Waals surface area contributed by atoms with Gasteiger partial charge in [0.25, 0.3) is 0 Å². The average Bonchev–Trinajstić information content (AvgIpc) is 2.43. The van der Waals surface area contributed by atoms with Crippen molar-refractivity contribution in [1.29, 1.82) is 0 Å². The Morgan fingerprint density at radius 1 is 1.09 bits per heavy atom. The van der Waals surface area contributed by atoms with Crippen LogP contribution in [0.15, 0.2) is 12.3 Å². The van der Waals surface area contributed by atoms with Gasteiger partial charge < -0.3 is 9.84 Å². The molecule has 1 saturated heterocycles. The second-order valence-corrected chi connectivity index (χ2v) is 9.13. The van der Waals surface area contributed by atoms with E-state index < -0.39 is 0 Å². The summed E-state index contributed by atoms with van der Waals surface area (Å²) in [6, 6.07) is 0. The molecule has 0 radical (unpaired) electrons. The molecule has 6 atom stereocenters. The molecular weight excluding hydrogens is 430 g/mol. The van der Waals surface area contributed by atoms with Gasteiger partial charge in [0.15, 0.2) is 0 Å². The van der Waals surface area contributed by atoms with Crippen LogP contribution in [0.25, 0.3) is 0 Å². The van der Waals surface area contributed by atoms with Gasteiger partial charge in [-0.2, -0.15) is 0 Å². The fourth-order valence-corrected chi connectivity index (χ4v) is 2.91. The fourth-order valence-electron chi connectivity index (χ4n) is 2.91. The molecule has 0 spiro atoms. The molecule has 0 aromatic rings. The molecule has 1 aliphatic heterocycles. The van der Waals surface area contributed by atoms with E-state index in [4.69, 9.17) is 28.9 Å². The molecule has 140 valence electrons. The van der Waals surface area contributed by atoms with Crippen molar-refractivity contribution in [1.82, 2.24) is 0 Å². The number of carbonyl (C=O) groups is 1. The molecule has 0 amide bonds. The van der Waals surface area contributed by atoms with E-state index in [9.17, 15) is 4.79 Å². The molecule has 1 saturated carbocycles. The van der Waals surface area contributed by atoms with Crippen LogP contribution in [-0.4, -0.2) is 23.1 Å². The molecule has 0 aromatic carbocycles. The Kier molecular flexibility index (Phi) is 12.1. The van der Waals surface area contributed by atoms with Crippen LogP contribution in [0, 0.1) is 23.7 Å². The molecule has 3 nitrogen and oxygen atoms in total. The van der Waals surface area contributed by atoms with Gasteiger partial charge in [0.1, 0.15) is 5.78 Å². The van der Waals surface area contributed by atoms with E-state index in [0.29, 0.717) is 24.4 Å². The molecule has 1 N–H and O–H groups in total. The predicted octanol–water partition coefficient (Wildman–Crippen LogP) is 4.94. The van der Waals surface area contributed by atoms with Crippen LogP contribution < -0.4 is 0 Å². The molecular formula is C17H30Cl2O3Pd. The van der Waals surface area contributed by atoms with Gasteiger partial charge >= 0.3 is 35.0 Å². The number of aliphatic hydroxyl groups excluding tert-OH is 1. The zero-order valence-corrected chi connectivity index (χ0v) is 17.7. The SMILES string of the molecule is C=C1OC(C)CC(C)C1C.CC1CC(O)CC(=O)C1C.[Cl][Pd][Cl]. The first-order valence-electron chi connectivity index (χ1n) is 8.02. The Labute approximate surface area is 157 Å². The third kappa shape index (κ3) is 8.89. The Bertz CT molecular complexity index is 345. The molecule has 0 bridgehead atoms. The van der Waals surface area contributed by atoms with Gasteiger partial charge in [0.2, 0.25) is 0 Å². The van der Waals surface area contributed by atoms with Crippen LogP contribution >= 0.6 is 19.1 Å². The summed E-state index contributed by atoms with van der Waals surface area (Å²) in [5, 5.41) is 9.15. The van der Waals surface area contributed by atoms with Gasteiger partial charge in [-0.05, 0) is 31.6 Å². The zero-order valence-electron chi connectivity index (χ0n) is 14.6. The number of carbonyl (C=O) groups excluding carboxylic acids is 1. The number of ketones is 1. The Morgan fingerprint density at radius 3 is 2.00 bits per heavy atom. The quantitative estimate of drug-likeness (QED) is 0.522. The van der Waals surface area contributed by atoms with Gasteiger partial charge in [0, 0.05) is 18.3 Å². The van der Waals surface area contributed by atoms with Crippen LogP contribution in [0.3, 0.4) is 0 Å². The Hall–Kier alpha value is 0.412. The van der Waals surface area contributed by atoms with Crippen molar-refractivity contribution in [2.24, 2.45) is 23.7 Å². The zero-order chi connectivity index (χ0) is 18.2. The normalized spacial score (nSPS) is 37.0. The first-order chi connectivity index (χ1) is 10.6. The Balaban J connectivity index is 0.000000360. The van der Waals surface area contributed by atoms with Gasteiger partial charge in [-0.3, -0.25) is 4.79 Å². The summed E-state index contributed by atoms with van der Waals surface area (Å²) in [6.07, 6.45) is 2.32. The molecule has 2 fully saturated rings. The number of aliphatic hydroxyl groups is 1. The maximum atomic E-state index is 11.1. The summed E-state index contributed by atoms with van der Waals surface area (Å²) in [4.78, 5) is 11.1. The molecule has 2 rings (SSSR count). The molecule has 23 heavy (non-hydrogen) atoms. The first kappa shape index (κ1) is 23.4. The van der Waals surface area contributed by atoms with Crippen molar-refractivity contribution >= 4 is 24.8 Å². The average molecular weight is 460 g/mol. The van der Waals surface area contributed by atoms with Crippen molar-refractivity contribution < 1.29 is 30.6 Å². The van der Waals surface area contributed by atoms with E-state index in [2.05, 4.69) is 27.4 Å². The fraction of sp³-hybridized carbons (Fsp3) is 0.824. The molecule has 2 aliphatic rings. The third-order valence-electron chi connectivity index (χ3n) is 4.86. The number of allylic oxidation sites excluding steroid dienone is 1. The minimum atomic E-state index is -0.376. The van der Waals surface area contributed by atoms with Crippen molar-refractivity contribution in [2.45, 2.75) is 66.1 Å². The van der Waals surface area contributed by atoms with Gasteiger partial charge in [-0.1, -0.05) is 34.3 Å².